The van der Waals surface area contributed by atoms with E-state index < -0.39 is 26.6 Å². The van der Waals surface area contributed by atoms with Crippen LogP contribution in [-0.4, -0.2) is 24.5 Å². The van der Waals surface area contributed by atoms with E-state index in [1.165, 1.54) is 18.2 Å². The second kappa shape index (κ2) is 4.21. The van der Waals surface area contributed by atoms with E-state index in [0.29, 0.717) is 6.08 Å². The molecule has 0 fully saturated rings. The van der Waals surface area contributed by atoms with Crippen molar-refractivity contribution in [1.82, 2.24) is 6.15 Å². The molecule has 0 radical (unpaired) electrons. The van der Waals surface area contributed by atoms with Gasteiger partial charge in [-0.1, -0.05) is 24.3 Å². The Balaban J connectivity index is 0.00000144. The maximum Gasteiger partial charge on any atom is 0.298 e. The summed E-state index contributed by atoms with van der Waals surface area (Å²) in [6.07, 6.45) is 0.639. The van der Waals surface area contributed by atoms with Crippen LogP contribution in [0.2, 0.25) is 0 Å². The Labute approximate surface area is 97.3 Å². The van der Waals surface area contributed by atoms with Crippen LogP contribution >= 0.6 is 0 Å². The van der Waals surface area contributed by atoms with Crippen LogP contribution in [0.1, 0.15) is 20.7 Å². The van der Waals surface area contributed by atoms with Gasteiger partial charge in [0.2, 0.25) is 5.78 Å². The van der Waals surface area contributed by atoms with E-state index in [0.717, 1.165) is 0 Å². The lowest BCUT2D eigenvalue weighted by molar-refractivity contribution is 0.0989. The monoisotopic (exact) mass is 255 g/mol. The zero-order valence-electron chi connectivity index (χ0n) is 8.58. The fourth-order valence-electron chi connectivity index (χ4n) is 1.48. The van der Waals surface area contributed by atoms with Crippen molar-refractivity contribution in [2.24, 2.45) is 0 Å². The van der Waals surface area contributed by atoms with Crippen LogP contribution in [0.5, 0.6) is 0 Å². The van der Waals surface area contributed by atoms with Gasteiger partial charge in [-0.3, -0.25) is 14.1 Å². The van der Waals surface area contributed by atoms with Gasteiger partial charge in [-0.25, -0.2) is 0 Å². The minimum absolute atomic E-state index is 0. The summed E-state index contributed by atoms with van der Waals surface area (Å²) in [6.45, 7) is 0. The standard InChI is InChI=1S/C10H6O5S.H3N/c11-8-5-9(16(13,14)15)10(12)7-4-2-1-3-6(7)8;/h1-5H,(H,13,14,15);1H3. The number of benzene rings is 1. The van der Waals surface area contributed by atoms with Gasteiger partial charge < -0.3 is 6.15 Å². The van der Waals surface area contributed by atoms with Gasteiger partial charge in [-0.05, 0) is 0 Å². The number of carbonyl (C=O) groups excluding carboxylic acids is 2. The van der Waals surface area contributed by atoms with Gasteiger partial charge in [0.1, 0.15) is 4.91 Å². The summed E-state index contributed by atoms with van der Waals surface area (Å²) in [5.41, 5.74) is 0.127. The molecule has 90 valence electrons. The molecule has 17 heavy (non-hydrogen) atoms. The van der Waals surface area contributed by atoms with Gasteiger partial charge in [-0.15, -0.1) is 0 Å². The molecular formula is C10H9NO5S. The maximum atomic E-state index is 11.6. The van der Waals surface area contributed by atoms with Crippen molar-refractivity contribution >= 4 is 21.7 Å². The van der Waals surface area contributed by atoms with E-state index in [2.05, 4.69) is 0 Å². The molecule has 0 heterocycles. The van der Waals surface area contributed by atoms with Crippen LogP contribution in [0.15, 0.2) is 35.2 Å². The van der Waals surface area contributed by atoms with Crippen molar-refractivity contribution in [2.75, 3.05) is 0 Å². The summed E-state index contributed by atoms with van der Waals surface area (Å²) in [5, 5.41) is 0. The SMILES string of the molecule is N.O=C1C=C(S(=O)(=O)O)C(=O)c2ccccc21. The molecule has 1 aliphatic rings. The average molecular weight is 255 g/mol. The highest BCUT2D eigenvalue weighted by Gasteiger charge is 2.31. The van der Waals surface area contributed by atoms with E-state index >= 15 is 0 Å². The first-order valence-electron chi connectivity index (χ1n) is 4.28. The van der Waals surface area contributed by atoms with Crippen LogP contribution in [-0.2, 0) is 10.1 Å². The molecule has 0 aliphatic heterocycles. The van der Waals surface area contributed by atoms with E-state index in [4.69, 9.17) is 4.55 Å². The van der Waals surface area contributed by atoms with E-state index in [9.17, 15) is 18.0 Å². The summed E-state index contributed by atoms with van der Waals surface area (Å²) in [6, 6.07) is 5.84. The number of ketones is 2. The normalized spacial score (nSPS) is 14.8. The summed E-state index contributed by atoms with van der Waals surface area (Å²) >= 11 is 0. The molecule has 1 aliphatic carbocycles. The van der Waals surface area contributed by atoms with Crippen LogP contribution < -0.4 is 6.15 Å². The summed E-state index contributed by atoms with van der Waals surface area (Å²) in [5.74, 6) is -1.47. The van der Waals surface area contributed by atoms with Crippen molar-refractivity contribution in [1.29, 1.82) is 0 Å². The lowest BCUT2D eigenvalue weighted by Crippen LogP contribution is -2.21. The highest BCUT2D eigenvalue weighted by atomic mass is 32.2. The number of hydrogen-bond acceptors (Lipinski definition) is 5. The Hall–Kier alpha value is -1.83. The van der Waals surface area contributed by atoms with Crippen molar-refractivity contribution in [3.63, 3.8) is 0 Å². The van der Waals surface area contributed by atoms with Crippen molar-refractivity contribution < 1.29 is 22.6 Å². The van der Waals surface area contributed by atoms with Crippen molar-refractivity contribution in [3.05, 3.63) is 46.4 Å². The highest BCUT2D eigenvalue weighted by molar-refractivity contribution is 7.91. The van der Waals surface area contributed by atoms with Gasteiger partial charge in [0.05, 0.1) is 0 Å². The highest BCUT2D eigenvalue weighted by Crippen LogP contribution is 2.23. The molecule has 0 spiro atoms. The predicted octanol–water partition coefficient (Wildman–Crippen LogP) is 0.999. The molecule has 4 N–H and O–H groups in total. The van der Waals surface area contributed by atoms with Crippen LogP contribution in [0.3, 0.4) is 0 Å². The first kappa shape index (κ1) is 13.2. The third kappa shape index (κ3) is 2.16. The second-order valence-corrected chi connectivity index (χ2v) is 4.61. The topological polar surface area (TPSA) is 124 Å². The number of Topliss-reactive ketones (excluding diaryl/α,β-unsaturated/α-hetero) is 1. The van der Waals surface area contributed by atoms with Crippen LogP contribution in [0.25, 0.3) is 0 Å². The third-order valence-corrected chi connectivity index (χ3v) is 3.06. The Morgan fingerprint density at radius 1 is 1.00 bits per heavy atom. The molecular weight excluding hydrogens is 246 g/mol. The summed E-state index contributed by atoms with van der Waals surface area (Å²) in [4.78, 5) is 22.3. The molecule has 2 rings (SSSR count). The molecule has 0 atom stereocenters. The minimum Gasteiger partial charge on any atom is -0.344 e. The number of carbonyl (C=O) groups is 2. The fraction of sp³-hybridized carbons (Fsp3) is 0. The molecule has 0 saturated carbocycles. The number of allylic oxidation sites excluding steroid dienone is 2. The molecule has 7 heteroatoms. The molecule has 0 unspecified atom stereocenters. The molecule has 0 aromatic heterocycles. The molecule has 0 amide bonds. The largest absolute Gasteiger partial charge is 0.344 e. The van der Waals surface area contributed by atoms with Gasteiger partial charge in [0.25, 0.3) is 10.1 Å². The Kier molecular flexibility index (Phi) is 3.28. The zero-order valence-corrected chi connectivity index (χ0v) is 9.40. The van der Waals surface area contributed by atoms with Crippen molar-refractivity contribution in [3.8, 4) is 0 Å². The first-order chi connectivity index (χ1) is 7.41. The summed E-state index contributed by atoms with van der Waals surface area (Å²) in [7, 11) is -4.66. The van der Waals surface area contributed by atoms with E-state index in [1.54, 1.807) is 6.07 Å². The minimum atomic E-state index is -4.66. The lowest BCUT2D eigenvalue weighted by Gasteiger charge is -2.12. The Morgan fingerprint density at radius 3 is 2.06 bits per heavy atom. The smallest absolute Gasteiger partial charge is 0.298 e. The molecule has 0 bridgehead atoms. The van der Waals surface area contributed by atoms with Gasteiger partial charge in [-0.2, -0.15) is 8.42 Å². The average Bonchev–Trinajstić information content (AvgIpc) is 2.22. The molecule has 0 saturated heterocycles. The summed E-state index contributed by atoms with van der Waals surface area (Å²) < 4.78 is 30.5. The molecule has 1 aromatic rings. The number of fused-ring (bicyclic) bond motifs is 1. The Morgan fingerprint density at radius 2 is 1.53 bits per heavy atom. The quantitative estimate of drug-likeness (QED) is 0.721. The maximum absolute atomic E-state index is 11.6. The second-order valence-electron chi connectivity index (χ2n) is 3.22. The van der Waals surface area contributed by atoms with Crippen LogP contribution in [0, 0.1) is 0 Å². The zero-order chi connectivity index (χ0) is 11.9. The third-order valence-electron chi connectivity index (χ3n) is 2.20. The predicted molar refractivity (Wildman–Crippen MR) is 59.8 cm³/mol. The van der Waals surface area contributed by atoms with E-state index in [1.807, 2.05) is 0 Å². The number of hydrogen-bond donors (Lipinski definition) is 2. The lowest BCUT2D eigenvalue weighted by atomic mass is 9.95. The van der Waals surface area contributed by atoms with E-state index in [-0.39, 0.29) is 17.3 Å². The van der Waals surface area contributed by atoms with Gasteiger partial charge in [0, 0.05) is 17.2 Å². The first-order valence-corrected chi connectivity index (χ1v) is 5.72. The van der Waals surface area contributed by atoms with Gasteiger partial charge >= 0.3 is 0 Å². The van der Waals surface area contributed by atoms with Crippen LogP contribution in [0.4, 0.5) is 0 Å². The fourth-order valence-corrected chi connectivity index (χ4v) is 2.08. The molecule has 1 aromatic carbocycles. The molecule has 6 nitrogen and oxygen atoms in total. The number of rotatable bonds is 1. The van der Waals surface area contributed by atoms with Gasteiger partial charge in [0.15, 0.2) is 5.78 Å². The van der Waals surface area contributed by atoms with Crippen molar-refractivity contribution in [2.45, 2.75) is 0 Å². The Bertz CT molecular complexity index is 630.